The lowest BCUT2D eigenvalue weighted by Crippen LogP contribution is -2.25. The molecule has 102 valence electrons. The summed E-state index contributed by atoms with van der Waals surface area (Å²) < 4.78 is 11.2. The summed E-state index contributed by atoms with van der Waals surface area (Å²) in [6.45, 7) is 6.82. The van der Waals surface area contributed by atoms with Crippen molar-refractivity contribution < 1.29 is 9.47 Å². The third-order valence-electron chi connectivity index (χ3n) is 3.27. The van der Waals surface area contributed by atoms with Gasteiger partial charge >= 0.3 is 0 Å². The van der Waals surface area contributed by atoms with E-state index in [2.05, 4.69) is 20.8 Å². The molecule has 18 heavy (non-hydrogen) atoms. The Morgan fingerprint density at radius 3 is 2.56 bits per heavy atom. The van der Waals surface area contributed by atoms with Crippen LogP contribution in [-0.4, -0.2) is 19.3 Å². The van der Waals surface area contributed by atoms with Gasteiger partial charge in [0.25, 0.3) is 0 Å². The van der Waals surface area contributed by atoms with Crippen LogP contribution in [0.3, 0.4) is 0 Å². The first-order valence-electron chi connectivity index (χ1n) is 6.52. The molecule has 0 aromatic heterocycles. The van der Waals surface area contributed by atoms with Crippen molar-refractivity contribution in [1.82, 2.24) is 0 Å². The first-order chi connectivity index (χ1) is 8.50. The average molecular weight is 251 g/mol. The maximum absolute atomic E-state index is 6.07. The third-order valence-corrected chi connectivity index (χ3v) is 3.27. The van der Waals surface area contributed by atoms with Crippen LogP contribution in [0.15, 0.2) is 24.3 Å². The normalized spacial score (nSPS) is 13.4. The van der Waals surface area contributed by atoms with Gasteiger partial charge in [-0.05, 0) is 26.3 Å². The second-order valence-electron chi connectivity index (χ2n) is 5.11. The summed E-state index contributed by atoms with van der Waals surface area (Å²) >= 11 is 0. The van der Waals surface area contributed by atoms with Crippen molar-refractivity contribution in [3.8, 4) is 5.75 Å². The van der Waals surface area contributed by atoms with E-state index in [1.807, 2.05) is 24.3 Å². The van der Waals surface area contributed by atoms with Gasteiger partial charge in [-0.25, -0.2) is 0 Å². The highest BCUT2D eigenvalue weighted by atomic mass is 16.5. The lowest BCUT2D eigenvalue weighted by molar-refractivity contribution is 0.00535. The molecule has 1 atom stereocenters. The molecule has 0 saturated carbocycles. The predicted molar refractivity (Wildman–Crippen MR) is 74.9 cm³/mol. The van der Waals surface area contributed by atoms with Gasteiger partial charge in [0.1, 0.15) is 5.75 Å². The Balaban J connectivity index is 2.62. The molecule has 0 radical (unpaired) electrons. The molecular weight excluding hydrogens is 226 g/mol. The number of para-hydroxylation sites is 1. The van der Waals surface area contributed by atoms with Crippen molar-refractivity contribution in [2.75, 3.05) is 13.7 Å². The van der Waals surface area contributed by atoms with Crippen molar-refractivity contribution in [2.45, 2.75) is 45.3 Å². The number of nitrogens with two attached hydrogens (primary N) is 1. The molecule has 0 fully saturated rings. The van der Waals surface area contributed by atoms with E-state index in [4.69, 9.17) is 15.2 Å². The van der Waals surface area contributed by atoms with E-state index in [-0.39, 0.29) is 11.6 Å². The van der Waals surface area contributed by atoms with Gasteiger partial charge in [0.15, 0.2) is 0 Å². The van der Waals surface area contributed by atoms with Crippen molar-refractivity contribution in [3.63, 3.8) is 0 Å². The second kappa shape index (κ2) is 6.76. The molecule has 1 aromatic rings. The first-order valence-corrected chi connectivity index (χ1v) is 6.52. The standard InChI is InChI=1S/C15H25NO2/c1-5-13(16)12-8-6-7-9-14(12)18-11-10-15(2,3)17-4/h6-9,13H,5,10-11,16H2,1-4H3/t13-/m1/s1. The van der Waals surface area contributed by atoms with Gasteiger partial charge in [-0.1, -0.05) is 25.1 Å². The highest BCUT2D eigenvalue weighted by Gasteiger charge is 2.17. The highest BCUT2D eigenvalue weighted by Crippen LogP contribution is 2.26. The van der Waals surface area contributed by atoms with Gasteiger partial charge in [0.2, 0.25) is 0 Å². The molecule has 0 spiro atoms. The SMILES string of the molecule is CC[C@@H](N)c1ccccc1OCCC(C)(C)OC. The van der Waals surface area contributed by atoms with E-state index in [9.17, 15) is 0 Å². The average Bonchev–Trinajstić information content (AvgIpc) is 2.38. The summed E-state index contributed by atoms with van der Waals surface area (Å²) in [5.74, 6) is 0.888. The van der Waals surface area contributed by atoms with Crippen molar-refractivity contribution in [1.29, 1.82) is 0 Å². The van der Waals surface area contributed by atoms with Crippen LogP contribution in [0.2, 0.25) is 0 Å². The summed E-state index contributed by atoms with van der Waals surface area (Å²) in [5.41, 5.74) is 7.00. The quantitative estimate of drug-likeness (QED) is 0.808. The number of rotatable bonds is 7. The van der Waals surface area contributed by atoms with Crippen LogP contribution in [0.25, 0.3) is 0 Å². The molecule has 2 N–H and O–H groups in total. The van der Waals surface area contributed by atoms with E-state index in [1.165, 1.54) is 0 Å². The van der Waals surface area contributed by atoms with Crippen molar-refractivity contribution in [3.05, 3.63) is 29.8 Å². The van der Waals surface area contributed by atoms with Gasteiger partial charge in [-0.15, -0.1) is 0 Å². The Hall–Kier alpha value is -1.06. The summed E-state index contributed by atoms with van der Waals surface area (Å²) in [5, 5.41) is 0. The fraction of sp³-hybridized carbons (Fsp3) is 0.600. The monoisotopic (exact) mass is 251 g/mol. The molecule has 0 aliphatic rings. The van der Waals surface area contributed by atoms with E-state index in [0.29, 0.717) is 6.61 Å². The van der Waals surface area contributed by atoms with Crippen LogP contribution < -0.4 is 10.5 Å². The maximum atomic E-state index is 6.07. The molecule has 0 aliphatic heterocycles. The topological polar surface area (TPSA) is 44.5 Å². The van der Waals surface area contributed by atoms with Crippen LogP contribution in [0.5, 0.6) is 5.75 Å². The van der Waals surface area contributed by atoms with Gasteiger partial charge in [0.05, 0.1) is 12.2 Å². The zero-order valence-corrected chi connectivity index (χ0v) is 11.9. The van der Waals surface area contributed by atoms with Crippen LogP contribution >= 0.6 is 0 Å². The molecule has 3 heteroatoms. The zero-order chi connectivity index (χ0) is 13.6. The van der Waals surface area contributed by atoms with Gasteiger partial charge < -0.3 is 15.2 Å². The molecule has 3 nitrogen and oxygen atoms in total. The Morgan fingerprint density at radius 2 is 1.94 bits per heavy atom. The number of hydrogen-bond donors (Lipinski definition) is 1. The summed E-state index contributed by atoms with van der Waals surface area (Å²) in [7, 11) is 1.72. The summed E-state index contributed by atoms with van der Waals surface area (Å²) in [4.78, 5) is 0. The molecule has 0 aliphatic carbocycles. The Morgan fingerprint density at radius 1 is 1.28 bits per heavy atom. The predicted octanol–water partition coefficient (Wildman–Crippen LogP) is 3.29. The minimum absolute atomic E-state index is 0.0386. The van der Waals surface area contributed by atoms with Gasteiger partial charge in [-0.2, -0.15) is 0 Å². The highest BCUT2D eigenvalue weighted by molar-refractivity contribution is 5.35. The molecule has 0 bridgehead atoms. The van der Waals surface area contributed by atoms with Crippen molar-refractivity contribution >= 4 is 0 Å². The molecule has 0 heterocycles. The molecule has 0 unspecified atom stereocenters. The number of hydrogen-bond acceptors (Lipinski definition) is 3. The van der Waals surface area contributed by atoms with Gasteiger partial charge in [-0.3, -0.25) is 0 Å². The number of ether oxygens (including phenoxy) is 2. The second-order valence-corrected chi connectivity index (χ2v) is 5.11. The van der Waals surface area contributed by atoms with E-state index in [0.717, 1.165) is 24.2 Å². The molecule has 0 saturated heterocycles. The van der Waals surface area contributed by atoms with Crippen LogP contribution in [0, 0.1) is 0 Å². The fourth-order valence-corrected chi connectivity index (χ4v) is 1.65. The molecular formula is C15H25NO2. The van der Waals surface area contributed by atoms with Crippen LogP contribution in [-0.2, 0) is 4.74 Å². The minimum atomic E-state index is -0.151. The summed E-state index contributed by atoms with van der Waals surface area (Å²) in [6.07, 6.45) is 1.75. The van der Waals surface area contributed by atoms with E-state index >= 15 is 0 Å². The lowest BCUT2D eigenvalue weighted by atomic mass is 10.0. The van der Waals surface area contributed by atoms with Crippen molar-refractivity contribution in [2.24, 2.45) is 5.73 Å². The zero-order valence-electron chi connectivity index (χ0n) is 11.9. The third kappa shape index (κ3) is 4.31. The smallest absolute Gasteiger partial charge is 0.124 e. The van der Waals surface area contributed by atoms with Crippen LogP contribution in [0.1, 0.15) is 45.2 Å². The number of benzene rings is 1. The largest absolute Gasteiger partial charge is 0.493 e. The minimum Gasteiger partial charge on any atom is -0.493 e. The molecule has 0 amide bonds. The fourth-order valence-electron chi connectivity index (χ4n) is 1.65. The summed E-state index contributed by atoms with van der Waals surface area (Å²) in [6, 6.07) is 8.02. The van der Waals surface area contributed by atoms with E-state index < -0.39 is 0 Å². The Bertz CT molecular complexity index is 363. The Labute approximate surface area is 110 Å². The maximum Gasteiger partial charge on any atom is 0.124 e. The van der Waals surface area contributed by atoms with Crippen LogP contribution in [0.4, 0.5) is 0 Å². The molecule has 1 rings (SSSR count). The number of methoxy groups -OCH3 is 1. The first kappa shape index (κ1) is 15.0. The lowest BCUT2D eigenvalue weighted by Gasteiger charge is -2.23. The van der Waals surface area contributed by atoms with Gasteiger partial charge in [0, 0.05) is 25.1 Å². The Kier molecular flexibility index (Phi) is 5.63. The van der Waals surface area contributed by atoms with E-state index in [1.54, 1.807) is 7.11 Å². The molecule has 1 aromatic carbocycles.